The van der Waals surface area contributed by atoms with Gasteiger partial charge in [0.25, 0.3) is 5.56 Å². The quantitative estimate of drug-likeness (QED) is 0.701. The van der Waals surface area contributed by atoms with Crippen LogP contribution in [0.3, 0.4) is 0 Å². The number of rotatable bonds is 5. The molecule has 1 aliphatic rings. The number of esters is 1. The Morgan fingerprint density at radius 3 is 2.87 bits per heavy atom. The Bertz CT molecular complexity index is 983. The van der Waals surface area contributed by atoms with E-state index in [0.29, 0.717) is 22.3 Å². The molecule has 0 saturated carbocycles. The van der Waals surface area contributed by atoms with E-state index in [0.717, 1.165) is 24.9 Å². The number of carbonyl (C=O) groups is 1. The summed E-state index contributed by atoms with van der Waals surface area (Å²) in [6, 6.07) is 3.21. The van der Waals surface area contributed by atoms with Crippen molar-refractivity contribution in [3.63, 3.8) is 0 Å². The minimum atomic E-state index is -0.798. The van der Waals surface area contributed by atoms with Gasteiger partial charge in [0.05, 0.1) is 35.3 Å². The van der Waals surface area contributed by atoms with Crippen LogP contribution in [-0.2, 0) is 16.1 Å². The molecular formula is C22H30ClN3O4. The van der Waals surface area contributed by atoms with Crippen molar-refractivity contribution in [3.8, 4) is 0 Å². The number of piperidine rings is 1. The number of hydrogen-bond acceptors (Lipinski definition) is 6. The highest BCUT2D eigenvalue weighted by Gasteiger charge is 2.33. The highest BCUT2D eigenvalue weighted by molar-refractivity contribution is 6.31. The van der Waals surface area contributed by atoms with Crippen LogP contribution in [0.4, 0.5) is 0 Å². The first kappa shape index (κ1) is 22.7. The van der Waals surface area contributed by atoms with Crippen molar-refractivity contribution in [2.24, 2.45) is 5.41 Å². The van der Waals surface area contributed by atoms with E-state index in [2.05, 4.69) is 10.3 Å². The van der Waals surface area contributed by atoms with Crippen molar-refractivity contribution >= 4 is 28.5 Å². The molecule has 2 N–H and O–H groups in total. The van der Waals surface area contributed by atoms with Crippen molar-refractivity contribution in [2.45, 2.75) is 71.8 Å². The summed E-state index contributed by atoms with van der Waals surface area (Å²) in [5.74, 6) is -0.252. The van der Waals surface area contributed by atoms with Gasteiger partial charge in [0, 0.05) is 11.1 Å². The lowest BCUT2D eigenvalue weighted by molar-refractivity contribution is -0.162. The minimum Gasteiger partial charge on any atom is -0.460 e. The monoisotopic (exact) mass is 435 g/mol. The molecule has 30 heavy (non-hydrogen) atoms. The smallest absolute Gasteiger partial charge is 0.311 e. The second-order valence-corrected chi connectivity index (χ2v) is 9.54. The van der Waals surface area contributed by atoms with Crippen LogP contribution in [0.15, 0.2) is 23.3 Å². The first-order chi connectivity index (χ1) is 14.1. The summed E-state index contributed by atoms with van der Waals surface area (Å²) in [5, 5.41) is 14.9. The Hall–Kier alpha value is -1.96. The van der Waals surface area contributed by atoms with Crippen molar-refractivity contribution < 1.29 is 14.6 Å². The summed E-state index contributed by atoms with van der Waals surface area (Å²) in [6.07, 6.45) is 2.38. The molecule has 2 heterocycles. The summed E-state index contributed by atoms with van der Waals surface area (Å²) in [7, 11) is 0. The first-order valence-corrected chi connectivity index (χ1v) is 10.7. The predicted octanol–water partition coefficient (Wildman–Crippen LogP) is 2.82. The van der Waals surface area contributed by atoms with Gasteiger partial charge in [0.2, 0.25) is 0 Å². The number of ether oxygens (including phenoxy) is 1. The molecule has 1 aliphatic heterocycles. The molecule has 1 aromatic heterocycles. The molecule has 1 saturated heterocycles. The molecule has 0 bridgehead atoms. The molecule has 0 aliphatic carbocycles. The number of aliphatic hydroxyl groups is 1. The maximum Gasteiger partial charge on any atom is 0.311 e. The zero-order valence-electron chi connectivity index (χ0n) is 17.9. The predicted molar refractivity (Wildman–Crippen MR) is 117 cm³/mol. The third-order valence-corrected chi connectivity index (χ3v) is 5.63. The van der Waals surface area contributed by atoms with E-state index in [1.54, 1.807) is 12.1 Å². The summed E-state index contributed by atoms with van der Waals surface area (Å²) < 4.78 is 7.12. The van der Waals surface area contributed by atoms with Crippen LogP contribution < -0.4 is 10.9 Å². The van der Waals surface area contributed by atoms with Crippen molar-refractivity contribution in [1.29, 1.82) is 0 Å². The van der Waals surface area contributed by atoms with Gasteiger partial charge in [-0.05, 0) is 71.2 Å². The standard InChI is InChI=1S/C22H30ClN3O4/c1-13-8-14(23)9-16-19(13)25-12-26(20(16)28)11-15(27)10-17-18(6-5-7-24-17)30-21(29)22(2,3)4/h8-9,12,15,17-18,24,27H,5-7,10-11H2,1-4H3/t15-,17+,18-/m0/s1. The number of nitrogens with one attached hydrogen (secondary N) is 1. The van der Waals surface area contributed by atoms with Gasteiger partial charge in [-0.25, -0.2) is 4.98 Å². The fourth-order valence-electron chi connectivity index (χ4n) is 3.74. The van der Waals surface area contributed by atoms with Gasteiger partial charge in [-0.15, -0.1) is 0 Å². The molecule has 1 fully saturated rings. The van der Waals surface area contributed by atoms with Crippen LogP contribution >= 0.6 is 11.6 Å². The topological polar surface area (TPSA) is 93.5 Å². The number of aliphatic hydroxyl groups excluding tert-OH is 1. The summed E-state index contributed by atoms with van der Waals surface area (Å²) in [4.78, 5) is 29.5. The molecule has 0 unspecified atom stereocenters. The largest absolute Gasteiger partial charge is 0.460 e. The molecule has 1 aromatic carbocycles. The lowest BCUT2D eigenvalue weighted by atomic mass is 9.94. The highest BCUT2D eigenvalue weighted by Crippen LogP contribution is 2.23. The maximum absolute atomic E-state index is 12.8. The zero-order chi connectivity index (χ0) is 22.1. The number of benzene rings is 1. The Morgan fingerprint density at radius 2 is 2.17 bits per heavy atom. The number of nitrogens with zero attached hydrogens (tertiary/aromatic N) is 2. The SMILES string of the molecule is Cc1cc(Cl)cc2c(=O)n(C[C@@H](O)C[C@H]3NCCC[C@@H]3OC(=O)C(C)(C)C)cnc12. The summed E-state index contributed by atoms with van der Waals surface area (Å²) in [6.45, 7) is 8.23. The summed E-state index contributed by atoms with van der Waals surface area (Å²) >= 11 is 6.10. The molecule has 164 valence electrons. The molecule has 0 spiro atoms. The molecule has 8 heteroatoms. The van der Waals surface area contributed by atoms with E-state index < -0.39 is 11.5 Å². The summed E-state index contributed by atoms with van der Waals surface area (Å²) in [5.41, 5.74) is 0.622. The Morgan fingerprint density at radius 1 is 1.43 bits per heavy atom. The molecule has 2 aromatic rings. The van der Waals surface area contributed by atoms with Crippen molar-refractivity contribution in [1.82, 2.24) is 14.9 Å². The molecule has 7 nitrogen and oxygen atoms in total. The van der Waals surface area contributed by atoms with Crippen LogP contribution in [0.5, 0.6) is 0 Å². The van der Waals surface area contributed by atoms with Crippen LogP contribution in [0.2, 0.25) is 5.02 Å². The Kier molecular flexibility index (Phi) is 6.84. The molecular weight excluding hydrogens is 406 g/mol. The highest BCUT2D eigenvalue weighted by atomic mass is 35.5. The number of halogens is 1. The third kappa shape index (κ3) is 5.20. The normalized spacial score (nSPS) is 20.9. The zero-order valence-corrected chi connectivity index (χ0v) is 18.7. The van der Waals surface area contributed by atoms with Gasteiger partial charge in [0.15, 0.2) is 0 Å². The number of fused-ring (bicyclic) bond motifs is 1. The van der Waals surface area contributed by atoms with Crippen LogP contribution in [0.1, 0.15) is 45.6 Å². The molecule has 3 rings (SSSR count). The van der Waals surface area contributed by atoms with Gasteiger partial charge in [-0.3, -0.25) is 14.2 Å². The third-order valence-electron chi connectivity index (χ3n) is 5.41. The average Bonchev–Trinajstić information content (AvgIpc) is 2.65. The van der Waals surface area contributed by atoms with E-state index in [9.17, 15) is 14.7 Å². The van der Waals surface area contributed by atoms with E-state index >= 15 is 0 Å². The van der Waals surface area contributed by atoms with E-state index in [1.807, 2.05) is 27.7 Å². The lowest BCUT2D eigenvalue weighted by Gasteiger charge is -2.35. The van der Waals surface area contributed by atoms with Crippen molar-refractivity contribution in [3.05, 3.63) is 39.4 Å². The van der Waals surface area contributed by atoms with Crippen LogP contribution in [0, 0.1) is 12.3 Å². The minimum absolute atomic E-state index is 0.103. The number of hydrogen-bond donors (Lipinski definition) is 2. The van der Waals surface area contributed by atoms with E-state index in [4.69, 9.17) is 16.3 Å². The lowest BCUT2D eigenvalue weighted by Crippen LogP contribution is -2.50. The second-order valence-electron chi connectivity index (χ2n) is 9.11. The Balaban J connectivity index is 1.72. The average molecular weight is 436 g/mol. The Labute approximate surface area is 181 Å². The van der Waals surface area contributed by atoms with Gasteiger partial charge in [0.1, 0.15) is 6.10 Å². The van der Waals surface area contributed by atoms with Crippen LogP contribution in [-0.4, -0.2) is 45.4 Å². The fourth-order valence-corrected chi connectivity index (χ4v) is 4.02. The van der Waals surface area contributed by atoms with E-state index in [-0.39, 0.29) is 30.2 Å². The molecule has 0 radical (unpaired) electrons. The fraction of sp³-hybridized carbons (Fsp3) is 0.591. The van der Waals surface area contributed by atoms with Crippen molar-refractivity contribution in [2.75, 3.05) is 6.54 Å². The number of carbonyl (C=O) groups excluding carboxylic acids is 1. The number of aromatic nitrogens is 2. The van der Waals surface area contributed by atoms with Gasteiger partial charge < -0.3 is 15.2 Å². The second kappa shape index (κ2) is 9.04. The molecule has 3 atom stereocenters. The maximum atomic E-state index is 12.8. The van der Waals surface area contributed by atoms with Gasteiger partial charge in [-0.2, -0.15) is 0 Å². The first-order valence-electron chi connectivity index (χ1n) is 10.3. The number of aryl methyl sites for hydroxylation is 1. The molecule has 0 amide bonds. The van der Waals surface area contributed by atoms with Gasteiger partial charge >= 0.3 is 5.97 Å². The van der Waals surface area contributed by atoms with Gasteiger partial charge in [-0.1, -0.05) is 11.6 Å². The van der Waals surface area contributed by atoms with E-state index in [1.165, 1.54) is 10.9 Å². The van der Waals surface area contributed by atoms with Crippen LogP contribution in [0.25, 0.3) is 10.9 Å².